The summed E-state index contributed by atoms with van der Waals surface area (Å²) in [7, 11) is 1.38. The summed E-state index contributed by atoms with van der Waals surface area (Å²) in [6.45, 7) is 0. The number of ketones is 2. The van der Waals surface area contributed by atoms with Crippen molar-refractivity contribution < 1.29 is 19.4 Å². The number of carbonyl (C=O) groups excluding carboxylic acids is 2. The third-order valence-electron chi connectivity index (χ3n) is 2.68. The summed E-state index contributed by atoms with van der Waals surface area (Å²) in [5, 5.41) is 9.45. The molecule has 0 fully saturated rings. The molecule has 0 saturated heterocycles. The number of benzene rings is 2. The highest BCUT2D eigenvalue weighted by atomic mass is 16.5. The number of hydrogen-bond acceptors (Lipinski definition) is 4. The molecule has 0 aliphatic rings. The lowest BCUT2D eigenvalue weighted by Gasteiger charge is -2.05. The molecule has 0 bridgehead atoms. The van der Waals surface area contributed by atoms with E-state index in [4.69, 9.17) is 4.74 Å². The van der Waals surface area contributed by atoms with E-state index in [0.717, 1.165) is 0 Å². The molecule has 96 valence electrons. The van der Waals surface area contributed by atoms with Gasteiger partial charge in [-0.25, -0.2) is 0 Å². The Morgan fingerprint density at radius 1 is 0.947 bits per heavy atom. The summed E-state index contributed by atoms with van der Waals surface area (Å²) in [5.41, 5.74) is 0.517. The van der Waals surface area contributed by atoms with Gasteiger partial charge in [-0.15, -0.1) is 0 Å². The first kappa shape index (κ1) is 12.8. The number of phenols is 1. The summed E-state index contributed by atoms with van der Waals surface area (Å²) < 4.78 is 4.91. The number of hydrogen-bond donors (Lipinski definition) is 1. The largest absolute Gasteiger partial charge is 0.504 e. The summed E-state index contributed by atoms with van der Waals surface area (Å²) in [5.74, 6) is -1.14. The quantitative estimate of drug-likeness (QED) is 0.674. The van der Waals surface area contributed by atoms with Gasteiger partial charge >= 0.3 is 0 Å². The fraction of sp³-hybridized carbons (Fsp3) is 0.0667. The molecule has 0 aromatic heterocycles. The lowest BCUT2D eigenvalue weighted by atomic mass is 10.0. The molecule has 0 radical (unpaired) electrons. The Hall–Kier alpha value is -2.62. The van der Waals surface area contributed by atoms with Crippen molar-refractivity contribution in [2.24, 2.45) is 0 Å². The van der Waals surface area contributed by atoms with Crippen LogP contribution in [0.25, 0.3) is 0 Å². The Balaban J connectivity index is 2.32. The minimum Gasteiger partial charge on any atom is -0.504 e. The minimum absolute atomic E-state index is 0.0776. The van der Waals surface area contributed by atoms with Gasteiger partial charge < -0.3 is 9.84 Å². The van der Waals surface area contributed by atoms with E-state index < -0.39 is 11.6 Å². The predicted octanol–water partition coefficient (Wildman–Crippen LogP) is 2.47. The topological polar surface area (TPSA) is 63.6 Å². The maximum absolute atomic E-state index is 12.0. The smallest absolute Gasteiger partial charge is 0.233 e. The van der Waals surface area contributed by atoms with Gasteiger partial charge in [0.2, 0.25) is 11.6 Å². The maximum Gasteiger partial charge on any atom is 0.233 e. The predicted molar refractivity (Wildman–Crippen MR) is 69.8 cm³/mol. The van der Waals surface area contributed by atoms with Crippen LogP contribution in [-0.2, 0) is 0 Å². The monoisotopic (exact) mass is 256 g/mol. The van der Waals surface area contributed by atoms with Crippen molar-refractivity contribution in [3.63, 3.8) is 0 Å². The van der Waals surface area contributed by atoms with Gasteiger partial charge in [0.05, 0.1) is 7.11 Å². The van der Waals surface area contributed by atoms with Crippen molar-refractivity contribution in [3.8, 4) is 11.5 Å². The van der Waals surface area contributed by atoms with Crippen LogP contribution < -0.4 is 4.74 Å². The van der Waals surface area contributed by atoms with Crippen molar-refractivity contribution in [2.45, 2.75) is 0 Å². The average Bonchev–Trinajstić information content (AvgIpc) is 2.47. The Morgan fingerprint density at radius 3 is 2.21 bits per heavy atom. The van der Waals surface area contributed by atoms with Gasteiger partial charge in [-0.3, -0.25) is 9.59 Å². The summed E-state index contributed by atoms with van der Waals surface area (Å²) in [4.78, 5) is 24.0. The van der Waals surface area contributed by atoms with Crippen LogP contribution in [0.1, 0.15) is 20.7 Å². The van der Waals surface area contributed by atoms with E-state index in [9.17, 15) is 14.7 Å². The lowest BCUT2D eigenvalue weighted by molar-refractivity contribution is 0.0816. The van der Waals surface area contributed by atoms with Crippen LogP contribution in [0.5, 0.6) is 11.5 Å². The van der Waals surface area contributed by atoms with E-state index in [1.165, 1.54) is 25.3 Å². The normalized spacial score (nSPS) is 9.95. The van der Waals surface area contributed by atoms with Gasteiger partial charge in [0.25, 0.3) is 0 Å². The van der Waals surface area contributed by atoms with E-state index in [2.05, 4.69) is 0 Å². The Labute approximate surface area is 110 Å². The molecule has 19 heavy (non-hydrogen) atoms. The SMILES string of the molecule is COc1cc(C(=O)C(=O)c2ccccc2)ccc1O. The summed E-state index contributed by atoms with van der Waals surface area (Å²) in [6.07, 6.45) is 0. The highest BCUT2D eigenvalue weighted by Gasteiger charge is 2.19. The molecule has 0 unspecified atom stereocenters. The highest BCUT2D eigenvalue weighted by Crippen LogP contribution is 2.26. The van der Waals surface area contributed by atoms with E-state index in [1.807, 2.05) is 0 Å². The third kappa shape index (κ3) is 2.63. The first-order chi connectivity index (χ1) is 9.13. The van der Waals surface area contributed by atoms with Gasteiger partial charge in [0.1, 0.15) is 0 Å². The van der Waals surface area contributed by atoms with Crippen LogP contribution >= 0.6 is 0 Å². The molecule has 0 aliphatic carbocycles. The second-order valence-corrected chi connectivity index (χ2v) is 3.91. The molecule has 4 nitrogen and oxygen atoms in total. The van der Waals surface area contributed by atoms with Crippen molar-refractivity contribution in [1.82, 2.24) is 0 Å². The van der Waals surface area contributed by atoms with Crippen LogP contribution in [0.4, 0.5) is 0 Å². The standard InChI is InChI=1S/C15H12O4/c1-19-13-9-11(7-8-12(13)16)15(18)14(17)10-5-3-2-4-6-10/h2-9,16H,1H3. The molecule has 0 amide bonds. The fourth-order valence-corrected chi connectivity index (χ4v) is 1.67. The molecule has 2 aromatic carbocycles. The molecule has 4 heteroatoms. The zero-order valence-corrected chi connectivity index (χ0v) is 10.3. The number of Topliss-reactive ketones (excluding diaryl/α,β-unsaturated/α-hetero) is 2. The molecule has 0 atom stereocenters. The first-order valence-corrected chi connectivity index (χ1v) is 5.64. The van der Waals surface area contributed by atoms with Gasteiger partial charge in [-0.05, 0) is 18.2 Å². The van der Waals surface area contributed by atoms with Gasteiger partial charge in [0.15, 0.2) is 11.5 Å². The molecule has 2 rings (SSSR count). The second kappa shape index (κ2) is 5.35. The molecule has 0 heterocycles. The van der Waals surface area contributed by atoms with Crippen molar-refractivity contribution in [3.05, 3.63) is 59.7 Å². The molecule has 1 N–H and O–H groups in total. The Kier molecular flexibility index (Phi) is 3.61. The summed E-state index contributed by atoms with van der Waals surface area (Å²) in [6, 6.07) is 12.4. The number of rotatable bonds is 4. The van der Waals surface area contributed by atoms with Gasteiger partial charge in [-0.2, -0.15) is 0 Å². The summed E-state index contributed by atoms with van der Waals surface area (Å²) >= 11 is 0. The number of phenolic OH excluding ortho intramolecular Hbond substituents is 1. The molecular weight excluding hydrogens is 244 g/mol. The molecule has 2 aromatic rings. The maximum atomic E-state index is 12.0. The van der Waals surface area contributed by atoms with Crippen LogP contribution in [0, 0.1) is 0 Å². The van der Waals surface area contributed by atoms with Crippen LogP contribution in [-0.4, -0.2) is 23.8 Å². The second-order valence-electron chi connectivity index (χ2n) is 3.91. The van der Waals surface area contributed by atoms with E-state index >= 15 is 0 Å². The number of carbonyl (C=O) groups is 2. The molecule has 0 saturated carbocycles. The minimum atomic E-state index is -0.635. The lowest BCUT2D eigenvalue weighted by Crippen LogP contribution is -2.14. The Morgan fingerprint density at radius 2 is 1.58 bits per heavy atom. The van der Waals surface area contributed by atoms with Crippen molar-refractivity contribution in [2.75, 3.05) is 7.11 Å². The van der Waals surface area contributed by atoms with Crippen LogP contribution in [0.2, 0.25) is 0 Å². The molecule has 0 aliphatic heterocycles. The number of methoxy groups -OCH3 is 1. The van der Waals surface area contributed by atoms with Gasteiger partial charge in [0, 0.05) is 11.1 Å². The zero-order chi connectivity index (χ0) is 13.8. The van der Waals surface area contributed by atoms with Crippen LogP contribution in [0.15, 0.2) is 48.5 Å². The first-order valence-electron chi connectivity index (χ1n) is 5.64. The van der Waals surface area contributed by atoms with E-state index in [0.29, 0.717) is 5.56 Å². The van der Waals surface area contributed by atoms with E-state index in [-0.39, 0.29) is 17.1 Å². The van der Waals surface area contributed by atoms with Crippen molar-refractivity contribution in [1.29, 1.82) is 0 Å². The van der Waals surface area contributed by atoms with Crippen molar-refractivity contribution >= 4 is 11.6 Å². The fourth-order valence-electron chi connectivity index (χ4n) is 1.67. The van der Waals surface area contributed by atoms with E-state index in [1.54, 1.807) is 30.3 Å². The molecule has 0 spiro atoms. The van der Waals surface area contributed by atoms with Gasteiger partial charge in [-0.1, -0.05) is 30.3 Å². The Bertz CT molecular complexity index is 617. The number of aromatic hydroxyl groups is 1. The zero-order valence-electron chi connectivity index (χ0n) is 10.3. The highest BCUT2D eigenvalue weighted by molar-refractivity contribution is 6.49. The van der Waals surface area contributed by atoms with Crippen LogP contribution in [0.3, 0.4) is 0 Å². The third-order valence-corrected chi connectivity index (χ3v) is 2.68. The molecular formula is C15H12O4. The number of ether oxygens (including phenoxy) is 1. The average molecular weight is 256 g/mol.